The summed E-state index contributed by atoms with van der Waals surface area (Å²) in [6, 6.07) is 14.2. The van der Waals surface area contributed by atoms with Crippen LogP contribution in [0.4, 0.5) is 8.78 Å². The van der Waals surface area contributed by atoms with Gasteiger partial charge in [-0.05, 0) is 68.0 Å². The number of pyridine rings is 1. The van der Waals surface area contributed by atoms with E-state index in [1.807, 2.05) is 42.5 Å². The highest BCUT2D eigenvalue weighted by Gasteiger charge is 2.27. The molecular weight excluding hydrogens is 568 g/mol. The molecule has 0 aliphatic heterocycles. The average molecular weight is 596 g/mol. The minimum Gasteiger partial charge on any atom is -0.394 e. The number of hydrogen-bond donors (Lipinski definition) is 2. The minimum atomic E-state index is -2.89. The van der Waals surface area contributed by atoms with Gasteiger partial charge in [-0.3, -0.25) is 18.9 Å². The Hall–Kier alpha value is -4.16. The number of aromatic nitrogens is 6. The maximum atomic E-state index is 13.8. The zero-order valence-corrected chi connectivity index (χ0v) is 23.2. The normalized spacial score (nSPS) is 17.4. The van der Waals surface area contributed by atoms with Crippen molar-refractivity contribution < 1.29 is 18.7 Å². The second-order valence-electron chi connectivity index (χ2n) is 10.5. The number of carbonyl (C=O) groups excluding carboxylic acids is 1. The molecule has 1 amide bonds. The first-order chi connectivity index (χ1) is 20.3. The van der Waals surface area contributed by atoms with Crippen molar-refractivity contribution in [2.45, 2.75) is 51.2 Å². The molecule has 10 nitrogen and oxygen atoms in total. The van der Waals surface area contributed by atoms with Crippen LogP contribution in [0.2, 0.25) is 5.02 Å². The number of imidazole rings is 1. The van der Waals surface area contributed by atoms with Crippen molar-refractivity contribution in [2.24, 2.45) is 5.92 Å². The molecule has 0 atom stereocenters. The lowest BCUT2D eigenvalue weighted by Crippen LogP contribution is -2.39. The number of aliphatic hydroxyl groups excluding tert-OH is 1. The summed E-state index contributed by atoms with van der Waals surface area (Å²) in [5, 5.41) is 20.5. The minimum absolute atomic E-state index is 0.0551. The van der Waals surface area contributed by atoms with Gasteiger partial charge in [0.2, 0.25) is 0 Å². The Bertz CT molecular complexity index is 1830. The molecule has 0 bridgehead atoms. The third-order valence-corrected chi connectivity index (χ3v) is 8.07. The first-order valence-electron chi connectivity index (χ1n) is 13.7. The second-order valence-corrected chi connectivity index (χ2v) is 10.9. The highest BCUT2D eigenvalue weighted by molar-refractivity contribution is 6.30. The fourth-order valence-electron chi connectivity index (χ4n) is 5.81. The Morgan fingerprint density at radius 2 is 1.83 bits per heavy atom. The fourth-order valence-corrected chi connectivity index (χ4v) is 5.97. The third kappa shape index (κ3) is 5.27. The molecule has 5 aromatic rings. The molecule has 42 heavy (non-hydrogen) atoms. The molecular formula is C29H28ClF2N7O3. The van der Waals surface area contributed by atoms with E-state index >= 15 is 0 Å². The summed E-state index contributed by atoms with van der Waals surface area (Å²) in [4.78, 5) is 30.2. The summed E-state index contributed by atoms with van der Waals surface area (Å²) in [5.41, 5.74) is 2.68. The van der Waals surface area contributed by atoms with Gasteiger partial charge in [0.15, 0.2) is 0 Å². The molecule has 0 radical (unpaired) electrons. The van der Waals surface area contributed by atoms with Crippen LogP contribution in [0, 0.1) is 5.92 Å². The molecule has 218 valence electrons. The van der Waals surface area contributed by atoms with E-state index in [0.29, 0.717) is 37.1 Å². The van der Waals surface area contributed by atoms with Crippen molar-refractivity contribution >= 4 is 39.6 Å². The molecule has 1 fully saturated rings. The molecule has 0 unspecified atom stereocenters. The van der Waals surface area contributed by atoms with E-state index in [4.69, 9.17) is 11.6 Å². The van der Waals surface area contributed by atoms with Gasteiger partial charge in [0, 0.05) is 18.8 Å². The van der Waals surface area contributed by atoms with Gasteiger partial charge in [-0.2, -0.15) is 0 Å². The fraction of sp³-hybridized carbons (Fsp3) is 0.345. The zero-order chi connectivity index (χ0) is 29.4. The molecule has 1 aliphatic carbocycles. The van der Waals surface area contributed by atoms with Crippen molar-refractivity contribution in [2.75, 3.05) is 6.61 Å². The van der Waals surface area contributed by atoms with E-state index in [1.54, 1.807) is 13.8 Å². The molecule has 0 saturated heterocycles. The second kappa shape index (κ2) is 11.6. The van der Waals surface area contributed by atoms with Crippen molar-refractivity contribution in [3.8, 4) is 5.69 Å². The number of aliphatic hydroxyl groups is 1. The third-order valence-electron chi connectivity index (χ3n) is 7.86. The van der Waals surface area contributed by atoms with Crippen LogP contribution in [0.25, 0.3) is 27.8 Å². The monoisotopic (exact) mass is 595 g/mol. The standard InChI is InChI=1S/C29H28ClF2N7O3/c30-18-13-21(26(27(31)32)33-15-18)28(41)34-19-7-5-17(6-8-19)16-37-24-3-1-2-4-25(24)39(29(37)42)20-9-10-23-22(14-20)35-36-38(23)11-12-40/h1-4,9-10,13-15,17,19,27,40H,5-8,11-12,16H2,(H,34,41)/t17-,19-. The van der Waals surface area contributed by atoms with Gasteiger partial charge >= 0.3 is 5.69 Å². The van der Waals surface area contributed by atoms with Crippen LogP contribution in [0.15, 0.2) is 59.5 Å². The van der Waals surface area contributed by atoms with Crippen LogP contribution in [-0.4, -0.2) is 52.8 Å². The van der Waals surface area contributed by atoms with Crippen LogP contribution in [-0.2, 0) is 13.1 Å². The number of rotatable bonds is 8. The zero-order valence-electron chi connectivity index (χ0n) is 22.5. The predicted octanol–water partition coefficient (Wildman–Crippen LogP) is 4.50. The maximum Gasteiger partial charge on any atom is 0.333 e. The van der Waals surface area contributed by atoms with Gasteiger partial charge in [-0.25, -0.2) is 18.3 Å². The van der Waals surface area contributed by atoms with E-state index < -0.39 is 18.0 Å². The first kappa shape index (κ1) is 28.0. The van der Waals surface area contributed by atoms with Crippen LogP contribution in [0.5, 0.6) is 0 Å². The summed E-state index contributed by atoms with van der Waals surface area (Å²) in [7, 11) is 0. The van der Waals surface area contributed by atoms with Crippen molar-refractivity contribution in [3.05, 3.63) is 81.5 Å². The lowest BCUT2D eigenvalue weighted by molar-refractivity contribution is 0.0904. The SMILES string of the molecule is O=C(N[C@H]1CC[C@H](Cn2c(=O)n(-c3ccc4c(c3)nnn4CCO)c3ccccc32)CC1)c1cc(Cl)cnc1C(F)F. The quantitative estimate of drug-likeness (QED) is 0.272. The van der Waals surface area contributed by atoms with E-state index in [0.717, 1.165) is 35.6 Å². The van der Waals surface area contributed by atoms with Gasteiger partial charge in [-0.1, -0.05) is 28.9 Å². The molecule has 13 heteroatoms. The number of hydrogen-bond acceptors (Lipinski definition) is 6. The molecule has 2 N–H and O–H groups in total. The highest BCUT2D eigenvalue weighted by Crippen LogP contribution is 2.29. The maximum absolute atomic E-state index is 13.8. The lowest BCUT2D eigenvalue weighted by atomic mass is 9.85. The Morgan fingerprint density at radius 3 is 2.57 bits per heavy atom. The number of halogens is 3. The Labute approximate surface area is 243 Å². The molecule has 0 spiro atoms. The van der Waals surface area contributed by atoms with Gasteiger partial charge in [0.25, 0.3) is 12.3 Å². The van der Waals surface area contributed by atoms with Crippen LogP contribution in [0.1, 0.15) is 48.2 Å². The van der Waals surface area contributed by atoms with Gasteiger partial charge in [0.05, 0.1) is 46.0 Å². The van der Waals surface area contributed by atoms with Gasteiger partial charge < -0.3 is 10.4 Å². The van der Waals surface area contributed by atoms with E-state index in [9.17, 15) is 23.5 Å². The van der Waals surface area contributed by atoms with Crippen molar-refractivity contribution in [1.29, 1.82) is 0 Å². The summed E-state index contributed by atoms with van der Waals surface area (Å²) in [6.07, 6.45) is 1.04. The van der Waals surface area contributed by atoms with Gasteiger partial charge in [0.1, 0.15) is 11.2 Å². The molecule has 3 heterocycles. The van der Waals surface area contributed by atoms with Gasteiger partial charge in [-0.15, -0.1) is 5.10 Å². The summed E-state index contributed by atoms with van der Waals surface area (Å²) >= 11 is 5.91. The topological polar surface area (TPSA) is 120 Å². The number of amides is 1. The smallest absolute Gasteiger partial charge is 0.333 e. The molecule has 3 aromatic heterocycles. The number of benzene rings is 2. The summed E-state index contributed by atoms with van der Waals surface area (Å²) in [5.74, 6) is -0.420. The first-order valence-corrected chi connectivity index (χ1v) is 14.1. The largest absolute Gasteiger partial charge is 0.394 e. The van der Waals surface area contributed by atoms with Crippen molar-refractivity contribution in [3.63, 3.8) is 0 Å². The number of nitrogens with zero attached hydrogens (tertiary/aromatic N) is 6. The number of nitrogens with one attached hydrogen (secondary N) is 1. The number of fused-ring (bicyclic) bond motifs is 2. The summed E-state index contributed by atoms with van der Waals surface area (Å²) < 4.78 is 31.8. The Kier molecular flexibility index (Phi) is 7.74. The molecule has 6 rings (SSSR count). The average Bonchev–Trinajstić information content (AvgIpc) is 3.51. The molecule has 1 aliphatic rings. The van der Waals surface area contributed by atoms with E-state index in [2.05, 4.69) is 20.6 Å². The molecule has 2 aromatic carbocycles. The van der Waals surface area contributed by atoms with Crippen LogP contribution >= 0.6 is 11.6 Å². The van der Waals surface area contributed by atoms with E-state index in [-0.39, 0.29) is 34.8 Å². The lowest BCUT2D eigenvalue weighted by Gasteiger charge is -2.29. The van der Waals surface area contributed by atoms with E-state index in [1.165, 1.54) is 6.07 Å². The van der Waals surface area contributed by atoms with Crippen LogP contribution in [0.3, 0.4) is 0 Å². The number of alkyl halides is 2. The van der Waals surface area contributed by atoms with Crippen LogP contribution < -0.4 is 11.0 Å². The Balaban J connectivity index is 1.19. The summed E-state index contributed by atoms with van der Waals surface area (Å²) in [6.45, 7) is 0.783. The van der Waals surface area contributed by atoms with Crippen molar-refractivity contribution in [1.82, 2.24) is 34.4 Å². The highest BCUT2D eigenvalue weighted by atomic mass is 35.5. The Morgan fingerprint density at radius 1 is 1.07 bits per heavy atom. The molecule has 1 saturated carbocycles. The number of carbonyl (C=O) groups is 1. The number of para-hydroxylation sites is 2. The predicted molar refractivity (Wildman–Crippen MR) is 153 cm³/mol.